The predicted octanol–water partition coefficient (Wildman–Crippen LogP) is 16.5. The minimum Gasteiger partial charge on any atom is -0.454 e. The largest absolute Gasteiger partial charge is 0.454 e. The van der Waals surface area contributed by atoms with Crippen molar-refractivity contribution in [2.24, 2.45) is 0 Å². The molecule has 0 aromatic rings. The van der Waals surface area contributed by atoms with Gasteiger partial charge in [-0.1, -0.05) is 295 Å². The number of allylic oxidation sites excluding steroid dienone is 3. The van der Waals surface area contributed by atoms with Gasteiger partial charge in [0.05, 0.1) is 25.4 Å². The van der Waals surface area contributed by atoms with Crippen molar-refractivity contribution < 1.29 is 49.3 Å². The maximum Gasteiger partial charge on any atom is 0.306 e. The number of hydrogen-bond donors (Lipinski definition) is 6. The highest BCUT2D eigenvalue weighted by Crippen LogP contribution is 2.26. The number of carbonyl (C=O) groups excluding carboxylic acids is 2. The lowest BCUT2D eigenvalue weighted by Crippen LogP contribution is -2.61. The van der Waals surface area contributed by atoms with Crippen molar-refractivity contribution in [1.29, 1.82) is 0 Å². The van der Waals surface area contributed by atoms with Gasteiger partial charge in [-0.2, -0.15) is 0 Å². The first-order valence-electron chi connectivity index (χ1n) is 33.6. The molecule has 11 nitrogen and oxygen atoms in total. The summed E-state index contributed by atoms with van der Waals surface area (Å²) in [4.78, 5) is 26.6. The Hall–Kier alpha value is -1.86. The molecule has 460 valence electrons. The Morgan fingerprint density at radius 3 is 1.24 bits per heavy atom. The number of amides is 1. The van der Waals surface area contributed by atoms with Crippen molar-refractivity contribution in [2.45, 2.75) is 378 Å². The van der Waals surface area contributed by atoms with Gasteiger partial charge in [0.25, 0.3) is 0 Å². The van der Waals surface area contributed by atoms with Crippen LogP contribution in [0.25, 0.3) is 0 Å². The number of hydrogen-bond acceptors (Lipinski definition) is 10. The highest BCUT2D eigenvalue weighted by Gasteiger charge is 2.47. The third kappa shape index (κ3) is 42.9. The smallest absolute Gasteiger partial charge is 0.306 e. The molecule has 0 aliphatic carbocycles. The molecule has 1 rings (SSSR count). The standard InChI is InChI=1S/C67H127NO10/c1-4-7-10-13-16-19-22-25-26-27-28-29-30-31-32-33-34-37-40-43-46-49-52-55-62(72)78-65-64(74)63(73)61(56-69)77-67(65)76-57-58(59(70)53-50-47-44-41-38-35-23-20-17-14-11-8-5-2)68-66(75)60(71)54-51-48-45-42-39-36-24-21-18-15-12-9-6-3/h39,42,50,53,58-61,63-65,67,69-71,73-74H,4-38,40-41,43-49,51-52,54-57H2,1-3H3,(H,68,75)/b42-39-,53-50+. The molecule has 1 fully saturated rings. The van der Waals surface area contributed by atoms with Gasteiger partial charge in [-0.3, -0.25) is 9.59 Å². The van der Waals surface area contributed by atoms with E-state index in [2.05, 4.69) is 38.2 Å². The maximum absolute atomic E-state index is 13.4. The first-order chi connectivity index (χ1) is 38.2. The van der Waals surface area contributed by atoms with E-state index in [1.165, 1.54) is 225 Å². The first kappa shape index (κ1) is 74.2. The van der Waals surface area contributed by atoms with Crippen LogP contribution in [0.4, 0.5) is 0 Å². The number of rotatable bonds is 58. The zero-order chi connectivity index (χ0) is 56.8. The minimum atomic E-state index is -1.61. The van der Waals surface area contributed by atoms with Crippen LogP contribution < -0.4 is 5.32 Å². The number of ether oxygens (including phenoxy) is 3. The van der Waals surface area contributed by atoms with Crippen LogP contribution in [0.3, 0.4) is 0 Å². The molecular weight excluding hydrogens is 979 g/mol. The second-order valence-electron chi connectivity index (χ2n) is 23.6. The lowest BCUT2D eigenvalue weighted by atomic mass is 9.99. The van der Waals surface area contributed by atoms with E-state index in [0.717, 1.165) is 57.8 Å². The molecule has 1 aliphatic rings. The fraction of sp³-hybridized carbons (Fsp3) is 0.910. The molecule has 0 saturated carbocycles. The van der Waals surface area contributed by atoms with Crippen LogP contribution >= 0.6 is 0 Å². The zero-order valence-electron chi connectivity index (χ0n) is 51.1. The highest BCUT2D eigenvalue weighted by atomic mass is 16.7. The second kappa shape index (κ2) is 55.7. The normalized spacial score (nSPS) is 19.0. The molecular formula is C67H127NO10. The van der Waals surface area contributed by atoms with E-state index in [0.29, 0.717) is 12.8 Å². The van der Waals surface area contributed by atoms with Gasteiger partial charge in [-0.05, 0) is 51.4 Å². The van der Waals surface area contributed by atoms with Crippen molar-refractivity contribution in [3.05, 3.63) is 24.3 Å². The summed E-state index contributed by atoms with van der Waals surface area (Å²) in [6.45, 7) is 5.82. The quantitative estimate of drug-likeness (QED) is 0.0195. The highest BCUT2D eigenvalue weighted by molar-refractivity contribution is 5.80. The van der Waals surface area contributed by atoms with Crippen molar-refractivity contribution in [3.63, 3.8) is 0 Å². The Labute approximate surface area is 480 Å². The van der Waals surface area contributed by atoms with Crippen LogP contribution in [0, 0.1) is 0 Å². The molecule has 8 unspecified atom stereocenters. The number of nitrogens with one attached hydrogen (secondary N) is 1. The van der Waals surface area contributed by atoms with Gasteiger partial charge in [-0.25, -0.2) is 0 Å². The summed E-state index contributed by atoms with van der Waals surface area (Å²) in [5, 5.41) is 57.0. The fourth-order valence-electron chi connectivity index (χ4n) is 10.8. The van der Waals surface area contributed by atoms with E-state index in [-0.39, 0.29) is 19.4 Å². The number of carbonyl (C=O) groups is 2. The van der Waals surface area contributed by atoms with Crippen LogP contribution in [0.5, 0.6) is 0 Å². The lowest BCUT2D eigenvalue weighted by molar-refractivity contribution is -0.305. The number of unbranched alkanes of at least 4 members (excludes halogenated alkanes) is 42. The van der Waals surface area contributed by atoms with Gasteiger partial charge < -0.3 is 45.1 Å². The summed E-state index contributed by atoms with van der Waals surface area (Å²) in [5.74, 6) is -1.20. The topological polar surface area (TPSA) is 175 Å². The minimum absolute atomic E-state index is 0.128. The molecule has 0 radical (unpaired) electrons. The van der Waals surface area contributed by atoms with Gasteiger partial charge >= 0.3 is 5.97 Å². The zero-order valence-corrected chi connectivity index (χ0v) is 51.1. The Bertz CT molecular complexity index is 1360. The van der Waals surface area contributed by atoms with E-state index in [4.69, 9.17) is 14.2 Å². The summed E-state index contributed by atoms with van der Waals surface area (Å²) in [6.07, 6.45) is 55.1. The van der Waals surface area contributed by atoms with Gasteiger partial charge in [0.2, 0.25) is 5.91 Å². The van der Waals surface area contributed by atoms with Crippen molar-refractivity contribution in [1.82, 2.24) is 5.32 Å². The molecule has 1 saturated heterocycles. The molecule has 0 aromatic heterocycles. The molecule has 1 amide bonds. The number of esters is 1. The van der Waals surface area contributed by atoms with E-state index in [9.17, 15) is 35.1 Å². The second-order valence-corrected chi connectivity index (χ2v) is 23.6. The van der Waals surface area contributed by atoms with Crippen LogP contribution in [-0.2, 0) is 23.8 Å². The number of aliphatic hydroxyl groups excluding tert-OH is 5. The van der Waals surface area contributed by atoms with Gasteiger partial charge in [-0.15, -0.1) is 0 Å². The molecule has 11 heteroatoms. The molecule has 6 N–H and O–H groups in total. The van der Waals surface area contributed by atoms with E-state index < -0.39 is 67.4 Å². The van der Waals surface area contributed by atoms with Crippen molar-refractivity contribution in [3.8, 4) is 0 Å². The fourth-order valence-corrected chi connectivity index (χ4v) is 10.8. The van der Waals surface area contributed by atoms with Crippen LogP contribution in [0.2, 0.25) is 0 Å². The molecule has 1 aliphatic heterocycles. The van der Waals surface area contributed by atoms with Gasteiger partial charge in [0.15, 0.2) is 12.4 Å². The molecule has 1 heterocycles. The van der Waals surface area contributed by atoms with E-state index in [1.54, 1.807) is 6.08 Å². The molecule has 0 aromatic carbocycles. The Morgan fingerprint density at radius 1 is 0.487 bits per heavy atom. The van der Waals surface area contributed by atoms with Gasteiger partial charge in [0.1, 0.15) is 24.4 Å². The molecule has 0 bridgehead atoms. The average Bonchev–Trinajstić information content (AvgIpc) is 3.44. The SMILES string of the molecule is CCCCCCCCC/C=C\CCCCC(O)C(=O)NC(COC1OC(CO)C(O)C(O)C1OC(=O)CCCCCCCCCCCCCCCCCCCCCCCCC)C(O)/C=C/CCCCCCCCCCCCC. The van der Waals surface area contributed by atoms with Crippen molar-refractivity contribution >= 4 is 11.9 Å². The predicted molar refractivity (Wildman–Crippen MR) is 324 cm³/mol. The van der Waals surface area contributed by atoms with Crippen LogP contribution in [-0.4, -0.2) is 99.6 Å². The first-order valence-corrected chi connectivity index (χ1v) is 33.6. The number of aliphatic hydroxyl groups is 5. The maximum atomic E-state index is 13.4. The molecule has 0 spiro atoms. The summed E-state index contributed by atoms with van der Waals surface area (Å²) in [7, 11) is 0. The summed E-state index contributed by atoms with van der Waals surface area (Å²) >= 11 is 0. The van der Waals surface area contributed by atoms with E-state index >= 15 is 0 Å². The Morgan fingerprint density at radius 2 is 0.846 bits per heavy atom. The summed E-state index contributed by atoms with van der Waals surface area (Å²) < 4.78 is 17.7. The van der Waals surface area contributed by atoms with Crippen molar-refractivity contribution in [2.75, 3.05) is 13.2 Å². The summed E-state index contributed by atoms with van der Waals surface area (Å²) in [6, 6.07) is -1.03. The van der Waals surface area contributed by atoms with Crippen LogP contribution in [0.1, 0.15) is 329 Å². The third-order valence-electron chi connectivity index (χ3n) is 16.1. The monoisotopic (exact) mass is 1110 g/mol. The molecule has 8 atom stereocenters. The Kier molecular flexibility index (Phi) is 52.9. The Balaban J connectivity index is 2.59. The van der Waals surface area contributed by atoms with E-state index in [1.807, 2.05) is 6.08 Å². The average molecular weight is 1110 g/mol. The molecule has 78 heavy (non-hydrogen) atoms. The van der Waals surface area contributed by atoms with Gasteiger partial charge in [0, 0.05) is 6.42 Å². The van der Waals surface area contributed by atoms with Crippen LogP contribution in [0.15, 0.2) is 24.3 Å². The summed E-state index contributed by atoms with van der Waals surface area (Å²) in [5.41, 5.74) is 0. The lowest BCUT2D eigenvalue weighted by Gasteiger charge is -2.41. The third-order valence-corrected chi connectivity index (χ3v) is 16.1.